The first-order chi connectivity index (χ1) is 22.3. The molecule has 0 fully saturated rings. The van der Waals surface area contributed by atoms with Crippen LogP contribution in [0.15, 0.2) is 146 Å². The Morgan fingerprint density at radius 3 is 1.71 bits per heavy atom. The molecule has 0 aliphatic carbocycles. The van der Waals surface area contributed by atoms with E-state index in [-0.39, 0.29) is 0 Å². The van der Waals surface area contributed by atoms with Crippen LogP contribution in [0.2, 0.25) is 0 Å². The van der Waals surface area contributed by atoms with E-state index < -0.39 is 0 Å². The van der Waals surface area contributed by atoms with E-state index in [0.29, 0.717) is 0 Å². The van der Waals surface area contributed by atoms with E-state index in [1.807, 2.05) is 36.1 Å². The van der Waals surface area contributed by atoms with Crippen molar-refractivity contribution in [1.29, 1.82) is 0 Å². The van der Waals surface area contributed by atoms with Gasteiger partial charge >= 0.3 is 0 Å². The number of fused-ring (bicyclic) bond motifs is 9. The summed E-state index contributed by atoms with van der Waals surface area (Å²) in [5.41, 5.74) is 9.13. The van der Waals surface area contributed by atoms with Crippen molar-refractivity contribution in [2.24, 2.45) is 0 Å². The molecule has 0 radical (unpaired) electrons. The molecule has 0 bridgehead atoms. The van der Waals surface area contributed by atoms with E-state index in [4.69, 9.17) is 4.98 Å². The first-order valence-electron chi connectivity index (χ1n) is 15.1. The SMILES string of the molecule is c1ccc2c(c1)c1ccccc1n2-c1cncc(-c2ccc3sc4ccc(-n5c6ccccc6c6ccncc65)cc4c3c2)c1. The minimum atomic E-state index is 1.06. The van der Waals surface area contributed by atoms with Crippen LogP contribution in [0, 0.1) is 0 Å². The lowest BCUT2D eigenvalue weighted by atomic mass is 10.0. The molecule has 0 unspecified atom stereocenters. The van der Waals surface area contributed by atoms with Crippen molar-refractivity contribution in [3.05, 3.63) is 146 Å². The van der Waals surface area contributed by atoms with Gasteiger partial charge in [0.1, 0.15) is 0 Å². The molecule has 10 aromatic rings. The zero-order chi connectivity index (χ0) is 29.5. The van der Waals surface area contributed by atoms with Gasteiger partial charge in [-0.1, -0.05) is 60.7 Å². The van der Waals surface area contributed by atoms with Gasteiger partial charge in [-0.3, -0.25) is 9.97 Å². The van der Waals surface area contributed by atoms with Crippen LogP contribution < -0.4 is 0 Å². The molecule has 0 amide bonds. The summed E-state index contributed by atoms with van der Waals surface area (Å²) in [4.78, 5) is 9.21. The Labute approximate surface area is 262 Å². The number of pyridine rings is 2. The second kappa shape index (κ2) is 9.36. The van der Waals surface area contributed by atoms with E-state index in [2.05, 4.69) is 135 Å². The van der Waals surface area contributed by atoms with Gasteiger partial charge in [-0.2, -0.15) is 0 Å². The molecule has 0 atom stereocenters. The van der Waals surface area contributed by atoms with Gasteiger partial charge < -0.3 is 9.13 Å². The van der Waals surface area contributed by atoms with Crippen LogP contribution in [-0.2, 0) is 0 Å². The van der Waals surface area contributed by atoms with Gasteiger partial charge in [-0.15, -0.1) is 11.3 Å². The van der Waals surface area contributed by atoms with Crippen molar-refractivity contribution in [2.75, 3.05) is 0 Å². The zero-order valence-corrected chi connectivity index (χ0v) is 24.9. The normalized spacial score (nSPS) is 12.0. The van der Waals surface area contributed by atoms with E-state index in [9.17, 15) is 0 Å². The molecule has 0 spiro atoms. The van der Waals surface area contributed by atoms with Crippen LogP contribution in [0.3, 0.4) is 0 Å². The number of rotatable bonds is 3. The minimum absolute atomic E-state index is 1.06. The predicted molar refractivity (Wildman–Crippen MR) is 189 cm³/mol. The van der Waals surface area contributed by atoms with Crippen LogP contribution >= 0.6 is 11.3 Å². The number of para-hydroxylation sites is 3. The minimum Gasteiger partial charge on any atom is -0.308 e. The second-order valence-electron chi connectivity index (χ2n) is 11.5. The van der Waals surface area contributed by atoms with Crippen molar-refractivity contribution in [3.63, 3.8) is 0 Å². The third-order valence-electron chi connectivity index (χ3n) is 9.08. The Morgan fingerprint density at radius 2 is 1.00 bits per heavy atom. The summed E-state index contributed by atoms with van der Waals surface area (Å²) in [6.45, 7) is 0. The van der Waals surface area contributed by atoms with E-state index in [1.165, 1.54) is 58.3 Å². The quantitative estimate of drug-likeness (QED) is 0.205. The topological polar surface area (TPSA) is 35.6 Å². The largest absolute Gasteiger partial charge is 0.308 e. The number of benzene rings is 5. The maximum atomic E-state index is 4.74. The Hall–Kier alpha value is -5.78. The fourth-order valence-corrected chi connectivity index (χ4v) is 8.16. The zero-order valence-electron chi connectivity index (χ0n) is 24.1. The standard InChI is InChI=1S/C40H24N4S/c1-5-11-36-29(7-1)30-8-2-6-12-37(30)44(36)28-19-26(22-42-23-28)25-13-15-39-33(20-25)34-21-27(14-16-40(34)45-39)43-35-10-4-3-9-31(35)32-17-18-41-24-38(32)43/h1-24H. The van der Waals surface area contributed by atoms with Gasteiger partial charge in [0, 0.05) is 65.4 Å². The molecule has 5 heteroatoms. The molecule has 10 rings (SSSR count). The van der Waals surface area contributed by atoms with E-state index >= 15 is 0 Å². The summed E-state index contributed by atoms with van der Waals surface area (Å²) < 4.78 is 7.22. The number of hydrogen-bond donors (Lipinski definition) is 0. The summed E-state index contributed by atoms with van der Waals surface area (Å²) >= 11 is 1.84. The lowest BCUT2D eigenvalue weighted by Gasteiger charge is -2.10. The third kappa shape index (κ3) is 3.59. The lowest BCUT2D eigenvalue weighted by Crippen LogP contribution is -1.95. The Balaban J connectivity index is 1.15. The number of thiophene rings is 1. The number of aromatic nitrogens is 4. The molecule has 45 heavy (non-hydrogen) atoms. The fourth-order valence-electron chi connectivity index (χ4n) is 7.09. The molecule has 4 nitrogen and oxygen atoms in total. The molecule has 0 saturated carbocycles. The summed E-state index contributed by atoms with van der Waals surface area (Å²) in [6.07, 6.45) is 7.79. The van der Waals surface area contributed by atoms with Crippen LogP contribution in [0.5, 0.6) is 0 Å². The molecule has 210 valence electrons. The average molecular weight is 593 g/mol. The average Bonchev–Trinajstić information content (AvgIpc) is 3.75. The Morgan fingerprint density at radius 1 is 0.400 bits per heavy atom. The van der Waals surface area contributed by atoms with Crippen LogP contribution in [0.25, 0.3) is 86.3 Å². The van der Waals surface area contributed by atoms with Crippen molar-refractivity contribution >= 4 is 75.1 Å². The predicted octanol–water partition coefficient (Wildman–Crippen LogP) is 10.7. The van der Waals surface area contributed by atoms with Gasteiger partial charge in [-0.25, -0.2) is 0 Å². The van der Waals surface area contributed by atoms with Crippen molar-refractivity contribution in [1.82, 2.24) is 19.1 Å². The highest BCUT2D eigenvalue weighted by Crippen LogP contribution is 2.40. The van der Waals surface area contributed by atoms with Gasteiger partial charge in [0.25, 0.3) is 0 Å². The maximum absolute atomic E-state index is 4.74. The van der Waals surface area contributed by atoms with Crippen LogP contribution in [0.4, 0.5) is 0 Å². The lowest BCUT2D eigenvalue weighted by molar-refractivity contribution is 1.14. The summed E-state index contributed by atoms with van der Waals surface area (Å²) in [5.74, 6) is 0. The van der Waals surface area contributed by atoms with E-state index in [1.54, 1.807) is 0 Å². The van der Waals surface area contributed by atoms with Gasteiger partial charge in [-0.05, 0) is 66.2 Å². The van der Waals surface area contributed by atoms with Crippen LogP contribution in [-0.4, -0.2) is 19.1 Å². The van der Waals surface area contributed by atoms with Crippen LogP contribution in [0.1, 0.15) is 0 Å². The van der Waals surface area contributed by atoms with Gasteiger partial charge in [0.15, 0.2) is 0 Å². The molecule has 0 saturated heterocycles. The summed E-state index contributed by atoms with van der Waals surface area (Å²) in [6, 6.07) is 43.8. The van der Waals surface area contributed by atoms with Gasteiger partial charge in [0.2, 0.25) is 0 Å². The summed E-state index contributed by atoms with van der Waals surface area (Å²) in [7, 11) is 0. The first kappa shape index (κ1) is 24.6. The van der Waals surface area contributed by atoms with Gasteiger partial charge in [0.05, 0.1) is 40.1 Å². The highest BCUT2D eigenvalue weighted by atomic mass is 32.1. The second-order valence-corrected chi connectivity index (χ2v) is 12.6. The fraction of sp³-hybridized carbons (Fsp3) is 0. The monoisotopic (exact) mass is 592 g/mol. The molecule has 0 aliphatic rings. The van der Waals surface area contributed by atoms with Crippen molar-refractivity contribution in [2.45, 2.75) is 0 Å². The third-order valence-corrected chi connectivity index (χ3v) is 10.2. The Bertz CT molecular complexity index is 2670. The smallest absolute Gasteiger partial charge is 0.0724 e. The molecule has 5 aromatic carbocycles. The van der Waals surface area contributed by atoms with E-state index in [0.717, 1.165) is 28.0 Å². The summed E-state index contributed by atoms with van der Waals surface area (Å²) in [5, 5.41) is 7.47. The molecular formula is C40H24N4S. The molecule has 0 N–H and O–H groups in total. The number of hydrogen-bond acceptors (Lipinski definition) is 3. The van der Waals surface area contributed by atoms with Crippen molar-refractivity contribution < 1.29 is 0 Å². The molecule has 5 aromatic heterocycles. The number of nitrogens with zero attached hydrogens (tertiary/aromatic N) is 4. The Kier molecular flexibility index (Phi) is 5.12. The van der Waals surface area contributed by atoms with Crippen molar-refractivity contribution in [3.8, 4) is 22.5 Å². The first-order valence-corrected chi connectivity index (χ1v) is 15.9. The highest BCUT2D eigenvalue weighted by Gasteiger charge is 2.16. The highest BCUT2D eigenvalue weighted by molar-refractivity contribution is 7.25. The molecule has 5 heterocycles. The molecular weight excluding hydrogens is 569 g/mol. The maximum Gasteiger partial charge on any atom is 0.0724 e. The molecule has 0 aliphatic heterocycles.